The number of hydrogen-bond acceptors (Lipinski definition) is 3. The summed E-state index contributed by atoms with van der Waals surface area (Å²) in [5.41, 5.74) is 2.41. The molecule has 0 saturated carbocycles. The van der Waals surface area contributed by atoms with Gasteiger partial charge in [-0.2, -0.15) is 0 Å². The highest BCUT2D eigenvalue weighted by Crippen LogP contribution is 2.27. The van der Waals surface area contributed by atoms with Gasteiger partial charge in [0.2, 0.25) is 0 Å². The first-order valence-corrected chi connectivity index (χ1v) is 9.58. The molecule has 5 heteroatoms. The number of aromatic nitrogens is 2. The third kappa shape index (κ3) is 4.61. The Morgan fingerprint density at radius 2 is 1.89 bits per heavy atom. The maximum Gasteiger partial charge on any atom is 0.257 e. The molecule has 0 aliphatic rings. The fraction of sp³-hybridized carbons (Fsp3) is 0.409. The summed E-state index contributed by atoms with van der Waals surface area (Å²) in [6.45, 7) is 12.6. The summed E-state index contributed by atoms with van der Waals surface area (Å²) < 4.78 is 6.10. The highest BCUT2D eigenvalue weighted by molar-refractivity contribution is 5.86. The minimum absolute atomic E-state index is 0.0710. The number of rotatable bonds is 8. The minimum Gasteiger partial charge on any atom is -0.493 e. The van der Waals surface area contributed by atoms with Gasteiger partial charge in [-0.15, -0.1) is 0 Å². The molecule has 2 aromatic heterocycles. The summed E-state index contributed by atoms with van der Waals surface area (Å²) in [5, 5.41) is 1.03. The Morgan fingerprint density at radius 1 is 1.11 bits per heavy atom. The van der Waals surface area contributed by atoms with Crippen molar-refractivity contribution in [3.63, 3.8) is 0 Å². The van der Waals surface area contributed by atoms with Gasteiger partial charge in [0.15, 0.2) is 0 Å². The van der Waals surface area contributed by atoms with Crippen molar-refractivity contribution < 1.29 is 4.74 Å². The lowest BCUT2D eigenvalue weighted by Gasteiger charge is -2.31. The molecule has 2 N–H and O–H groups in total. The van der Waals surface area contributed by atoms with Crippen molar-refractivity contribution in [2.45, 2.75) is 27.7 Å². The number of hydrogen-bond donors (Lipinski definition) is 2. The normalized spacial score (nSPS) is 12.0. The van der Waals surface area contributed by atoms with Crippen LogP contribution >= 0.6 is 0 Å². The Hall–Kier alpha value is -2.53. The molecule has 1 aromatic carbocycles. The van der Waals surface area contributed by atoms with Gasteiger partial charge in [0, 0.05) is 29.1 Å². The molecule has 144 valence electrons. The number of benzene rings is 1. The van der Waals surface area contributed by atoms with Crippen molar-refractivity contribution in [3.05, 3.63) is 52.9 Å². The molecule has 0 spiro atoms. The number of fused-ring (bicyclic) bond motifs is 1. The molecule has 3 rings (SSSR count). The molecule has 0 aliphatic carbocycles. The molecule has 0 unspecified atom stereocenters. The fourth-order valence-electron chi connectivity index (χ4n) is 3.36. The number of H-pyrrole nitrogens is 2. The number of pyridine rings is 1. The summed E-state index contributed by atoms with van der Waals surface area (Å²) in [7, 11) is 0. The second-order valence-electron chi connectivity index (χ2n) is 7.76. The van der Waals surface area contributed by atoms with Crippen molar-refractivity contribution in [3.8, 4) is 17.0 Å². The van der Waals surface area contributed by atoms with Crippen LogP contribution in [0.4, 0.5) is 0 Å². The smallest absolute Gasteiger partial charge is 0.257 e. The molecule has 0 atom stereocenters. The van der Waals surface area contributed by atoms with Gasteiger partial charge < -0.3 is 19.6 Å². The Kier molecular flexibility index (Phi) is 5.71. The molecule has 0 bridgehead atoms. The maximum absolute atomic E-state index is 12.0. The number of aromatic amines is 2. The SMILES string of the molecule is CCN(CC)CC(C)(C)COc1ccc2[nH]c(-c3ccc[nH]c3=O)cc2c1. The predicted octanol–water partition coefficient (Wildman–Crippen LogP) is 4.27. The zero-order valence-electron chi connectivity index (χ0n) is 16.6. The first kappa shape index (κ1) is 19.2. The van der Waals surface area contributed by atoms with Crippen LogP contribution in [0, 0.1) is 5.41 Å². The monoisotopic (exact) mass is 367 g/mol. The van der Waals surface area contributed by atoms with Gasteiger partial charge in [-0.3, -0.25) is 4.79 Å². The summed E-state index contributed by atoms with van der Waals surface area (Å²) in [5.74, 6) is 0.850. The highest BCUT2D eigenvalue weighted by atomic mass is 16.5. The lowest BCUT2D eigenvalue weighted by Crippen LogP contribution is -2.37. The van der Waals surface area contributed by atoms with E-state index in [2.05, 4.69) is 42.6 Å². The topological polar surface area (TPSA) is 61.1 Å². The Morgan fingerprint density at radius 3 is 2.59 bits per heavy atom. The zero-order chi connectivity index (χ0) is 19.4. The van der Waals surface area contributed by atoms with E-state index in [-0.39, 0.29) is 11.0 Å². The second-order valence-corrected chi connectivity index (χ2v) is 7.76. The number of ether oxygens (including phenoxy) is 1. The lowest BCUT2D eigenvalue weighted by molar-refractivity contribution is 0.121. The highest BCUT2D eigenvalue weighted by Gasteiger charge is 2.21. The quantitative estimate of drug-likeness (QED) is 0.625. The largest absolute Gasteiger partial charge is 0.493 e. The van der Waals surface area contributed by atoms with Crippen LogP contribution in [0.3, 0.4) is 0 Å². The molecular formula is C22H29N3O2. The second kappa shape index (κ2) is 8.01. The third-order valence-corrected chi connectivity index (χ3v) is 4.88. The van der Waals surface area contributed by atoms with E-state index >= 15 is 0 Å². The van der Waals surface area contributed by atoms with Crippen molar-refractivity contribution >= 4 is 10.9 Å². The molecule has 2 heterocycles. The number of nitrogens with one attached hydrogen (secondary N) is 2. The van der Waals surface area contributed by atoms with Crippen LogP contribution in [0.25, 0.3) is 22.2 Å². The van der Waals surface area contributed by atoms with Gasteiger partial charge in [-0.1, -0.05) is 27.7 Å². The van der Waals surface area contributed by atoms with E-state index in [9.17, 15) is 4.79 Å². The molecule has 0 radical (unpaired) electrons. The summed E-state index contributed by atoms with van der Waals surface area (Å²) in [6, 6.07) is 11.6. The Balaban J connectivity index is 1.75. The summed E-state index contributed by atoms with van der Waals surface area (Å²) in [6.07, 6.45) is 1.64. The standard InChI is InChI=1S/C22H29N3O2/c1-5-25(6-2)14-22(3,4)15-27-17-9-10-19-16(12-17)13-20(24-19)18-8-7-11-23-21(18)26/h7-13,24H,5-6,14-15H2,1-4H3,(H,23,26). The molecule has 5 nitrogen and oxygen atoms in total. The van der Waals surface area contributed by atoms with Crippen molar-refractivity contribution in [1.82, 2.24) is 14.9 Å². The van der Waals surface area contributed by atoms with Crippen LogP contribution in [-0.2, 0) is 0 Å². The lowest BCUT2D eigenvalue weighted by atomic mass is 9.94. The van der Waals surface area contributed by atoms with Crippen molar-refractivity contribution in [1.29, 1.82) is 0 Å². The van der Waals surface area contributed by atoms with Gasteiger partial charge in [0.25, 0.3) is 5.56 Å². The average molecular weight is 367 g/mol. The fourth-order valence-corrected chi connectivity index (χ4v) is 3.36. The van der Waals surface area contributed by atoms with Crippen LogP contribution in [0.5, 0.6) is 5.75 Å². The van der Waals surface area contributed by atoms with Crippen LogP contribution in [0.1, 0.15) is 27.7 Å². The van der Waals surface area contributed by atoms with Crippen LogP contribution in [-0.4, -0.2) is 41.1 Å². The summed E-state index contributed by atoms with van der Waals surface area (Å²) >= 11 is 0. The Labute approximate surface area is 160 Å². The van der Waals surface area contributed by atoms with E-state index in [1.807, 2.05) is 36.4 Å². The third-order valence-electron chi connectivity index (χ3n) is 4.88. The molecule has 0 fully saturated rings. The van der Waals surface area contributed by atoms with Crippen molar-refractivity contribution in [2.24, 2.45) is 5.41 Å². The van der Waals surface area contributed by atoms with E-state index in [0.29, 0.717) is 12.2 Å². The van der Waals surface area contributed by atoms with Gasteiger partial charge >= 0.3 is 0 Å². The van der Waals surface area contributed by atoms with Gasteiger partial charge in [0.1, 0.15) is 5.75 Å². The molecule has 27 heavy (non-hydrogen) atoms. The van der Waals surface area contributed by atoms with Crippen LogP contribution < -0.4 is 10.3 Å². The van der Waals surface area contributed by atoms with E-state index in [1.54, 1.807) is 6.20 Å². The van der Waals surface area contributed by atoms with Crippen LogP contribution in [0.2, 0.25) is 0 Å². The first-order chi connectivity index (χ1) is 12.9. The van der Waals surface area contributed by atoms with Gasteiger partial charge in [-0.25, -0.2) is 0 Å². The number of nitrogens with zero attached hydrogens (tertiary/aromatic N) is 1. The molecule has 0 aliphatic heterocycles. The Bertz CT molecular complexity index is 951. The van der Waals surface area contributed by atoms with E-state index in [4.69, 9.17) is 4.74 Å². The zero-order valence-corrected chi connectivity index (χ0v) is 16.6. The summed E-state index contributed by atoms with van der Waals surface area (Å²) in [4.78, 5) is 20.5. The van der Waals surface area contributed by atoms with E-state index in [1.165, 1.54) is 0 Å². The molecular weight excluding hydrogens is 338 g/mol. The predicted molar refractivity (Wildman–Crippen MR) is 111 cm³/mol. The maximum atomic E-state index is 12.0. The molecule has 0 saturated heterocycles. The van der Waals surface area contributed by atoms with Gasteiger partial charge in [0.05, 0.1) is 17.9 Å². The first-order valence-electron chi connectivity index (χ1n) is 9.58. The van der Waals surface area contributed by atoms with Gasteiger partial charge in [-0.05, 0) is 49.5 Å². The molecule has 3 aromatic rings. The average Bonchev–Trinajstić information content (AvgIpc) is 3.08. The van der Waals surface area contributed by atoms with Crippen molar-refractivity contribution in [2.75, 3.05) is 26.2 Å². The molecule has 0 amide bonds. The van der Waals surface area contributed by atoms with Crippen LogP contribution in [0.15, 0.2) is 47.4 Å². The minimum atomic E-state index is -0.0984. The van der Waals surface area contributed by atoms with E-state index in [0.717, 1.165) is 42.0 Å². The van der Waals surface area contributed by atoms with E-state index < -0.39 is 0 Å².